The molecule has 62 valence electrons. The fourth-order valence-electron chi connectivity index (χ4n) is 0.648. The Morgan fingerprint density at radius 2 is 2.50 bits per heavy atom. The monoisotopic (exact) mass is 165 g/mol. The molecule has 0 unspecified atom stereocenters. The first kappa shape index (κ1) is 8.32. The van der Waals surface area contributed by atoms with Crippen molar-refractivity contribution in [1.29, 1.82) is 0 Å². The molecule has 5 heteroatoms. The highest BCUT2D eigenvalue weighted by molar-refractivity contribution is 5.74. The molecule has 0 radical (unpaired) electrons. The molecule has 1 heterocycles. The lowest BCUT2D eigenvalue weighted by Gasteiger charge is -1.89. The summed E-state index contributed by atoms with van der Waals surface area (Å²) in [7, 11) is 0. The molecule has 0 aliphatic carbocycles. The van der Waals surface area contributed by atoms with Crippen molar-refractivity contribution in [2.75, 3.05) is 0 Å². The van der Waals surface area contributed by atoms with E-state index in [0.717, 1.165) is 0 Å². The molecule has 0 amide bonds. The molecule has 0 N–H and O–H groups in total. The van der Waals surface area contributed by atoms with E-state index in [9.17, 15) is 10.1 Å². The second kappa shape index (κ2) is 3.56. The van der Waals surface area contributed by atoms with Gasteiger partial charge in [0.1, 0.15) is 0 Å². The van der Waals surface area contributed by atoms with Gasteiger partial charge in [-0.1, -0.05) is 0 Å². The number of nitro groups is 1. The molecule has 0 spiro atoms. The predicted molar refractivity (Wildman–Crippen MR) is 44.0 cm³/mol. The minimum Gasteiger partial charge on any atom is -0.358 e. The Morgan fingerprint density at radius 3 is 3.00 bits per heavy atom. The van der Waals surface area contributed by atoms with E-state index in [0.29, 0.717) is 5.69 Å². The molecule has 1 rings (SSSR count). The van der Waals surface area contributed by atoms with Crippen LogP contribution in [0.1, 0.15) is 6.92 Å². The van der Waals surface area contributed by atoms with Gasteiger partial charge < -0.3 is 10.1 Å². The lowest BCUT2D eigenvalue weighted by molar-refractivity contribution is -0.351. The third-order valence-electron chi connectivity index (χ3n) is 1.20. The van der Waals surface area contributed by atoms with E-state index in [1.807, 2.05) is 0 Å². The van der Waals surface area contributed by atoms with Crippen LogP contribution in [0, 0.1) is 10.1 Å². The van der Waals surface area contributed by atoms with Gasteiger partial charge >= 0.3 is 5.84 Å². The number of hydrogen-bond acceptors (Lipinski definition) is 4. The molecule has 0 atom stereocenters. The van der Waals surface area contributed by atoms with Gasteiger partial charge in [-0.15, -0.1) is 0 Å². The van der Waals surface area contributed by atoms with Crippen LogP contribution in [-0.4, -0.2) is 15.7 Å². The van der Waals surface area contributed by atoms with Crippen molar-refractivity contribution in [2.45, 2.75) is 6.92 Å². The van der Waals surface area contributed by atoms with Crippen LogP contribution in [0.25, 0.3) is 0 Å². The van der Waals surface area contributed by atoms with Crippen LogP contribution in [-0.2, 0) is 0 Å². The minimum atomic E-state index is -0.535. The summed E-state index contributed by atoms with van der Waals surface area (Å²) in [6.07, 6.45) is 3.05. The molecule has 0 aliphatic heterocycles. The van der Waals surface area contributed by atoms with Crippen LogP contribution in [0.2, 0.25) is 0 Å². The predicted octanol–water partition coefficient (Wildman–Crippen LogP) is 1.41. The van der Waals surface area contributed by atoms with Crippen molar-refractivity contribution in [1.82, 2.24) is 4.98 Å². The Balaban J connectivity index is 2.89. The first-order chi connectivity index (χ1) is 5.70. The van der Waals surface area contributed by atoms with Gasteiger partial charge in [0, 0.05) is 13.1 Å². The van der Waals surface area contributed by atoms with Gasteiger partial charge in [0.2, 0.25) is 0 Å². The van der Waals surface area contributed by atoms with Crippen LogP contribution >= 0.6 is 0 Å². The number of hydrogen-bond donors (Lipinski definition) is 0. The fraction of sp³-hybridized carbons (Fsp3) is 0.143. The topological polar surface area (TPSA) is 68.4 Å². The Morgan fingerprint density at radius 1 is 1.75 bits per heavy atom. The maximum atomic E-state index is 10.2. The zero-order valence-corrected chi connectivity index (χ0v) is 6.47. The molecule has 0 saturated heterocycles. The van der Waals surface area contributed by atoms with Gasteiger partial charge in [-0.3, -0.25) is 4.98 Å². The summed E-state index contributed by atoms with van der Waals surface area (Å²) in [5.74, 6) is -0.136. The van der Waals surface area contributed by atoms with Crippen LogP contribution in [0.3, 0.4) is 0 Å². The highest BCUT2D eigenvalue weighted by Crippen LogP contribution is 2.07. The van der Waals surface area contributed by atoms with Crippen molar-refractivity contribution in [2.24, 2.45) is 4.99 Å². The Hall–Kier alpha value is -1.78. The number of rotatable bonds is 1. The third-order valence-corrected chi connectivity index (χ3v) is 1.20. The number of amidine groups is 1. The summed E-state index contributed by atoms with van der Waals surface area (Å²) < 4.78 is 0. The van der Waals surface area contributed by atoms with E-state index >= 15 is 0 Å². The van der Waals surface area contributed by atoms with Crippen molar-refractivity contribution in [3.63, 3.8) is 0 Å². The normalized spacial score (nSPS) is 11.2. The summed E-state index contributed by atoms with van der Waals surface area (Å²) in [5, 5.41) is 10.2. The van der Waals surface area contributed by atoms with Crippen molar-refractivity contribution < 1.29 is 4.92 Å². The largest absolute Gasteiger partial charge is 0.358 e. The Kier molecular flexibility index (Phi) is 2.47. The molecule has 0 saturated carbocycles. The van der Waals surface area contributed by atoms with Crippen LogP contribution in [0.4, 0.5) is 5.69 Å². The fourth-order valence-corrected chi connectivity index (χ4v) is 0.648. The third kappa shape index (κ3) is 2.12. The summed E-state index contributed by atoms with van der Waals surface area (Å²) in [4.78, 5) is 17.1. The van der Waals surface area contributed by atoms with Crippen LogP contribution in [0.15, 0.2) is 29.5 Å². The van der Waals surface area contributed by atoms with Crippen molar-refractivity contribution in [3.05, 3.63) is 34.6 Å². The lowest BCUT2D eigenvalue weighted by atomic mass is 10.4. The number of nitrogens with zero attached hydrogens (tertiary/aromatic N) is 3. The van der Waals surface area contributed by atoms with E-state index in [4.69, 9.17) is 0 Å². The molecule has 5 nitrogen and oxygen atoms in total. The summed E-state index contributed by atoms with van der Waals surface area (Å²) in [5.41, 5.74) is 0.492. The number of aromatic nitrogens is 1. The first-order valence-corrected chi connectivity index (χ1v) is 3.30. The van der Waals surface area contributed by atoms with E-state index in [-0.39, 0.29) is 5.84 Å². The summed E-state index contributed by atoms with van der Waals surface area (Å²) >= 11 is 0. The Labute approximate surface area is 68.9 Å². The molecule has 0 aliphatic rings. The molecule has 1 aromatic heterocycles. The molecular weight excluding hydrogens is 158 g/mol. The zero-order valence-electron chi connectivity index (χ0n) is 6.47. The van der Waals surface area contributed by atoms with Gasteiger partial charge in [-0.25, -0.2) is 0 Å². The minimum absolute atomic E-state index is 0.136. The average molecular weight is 165 g/mol. The smallest absolute Gasteiger partial charge is 0.336 e. The van der Waals surface area contributed by atoms with Gasteiger partial charge in [0.05, 0.1) is 6.20 Å². The van der Waals surface area contributed by atoms with E-state index in [2.05, 4.69) is 9.98 Å². The quantitative estimate of drug-likeness (QED) is 0.273. The number of aliphatic imine (C=N–C) groups is 1. The molecule has 0 bridgehead atoms. The van der Waals surface area contributed by atoms with Crippen molar-refractivity contribution in [3.8, 4) is 0 Å². The van der Waals surface area contributed by atoms with E-state index < -0.39 is 4.92 Å². The maximum Gasteiger partial charge on any atom is 0.336 e. The second-order valence-corrected chi connectivity index (χ2v) is 2.13. The zero-order chi connectivity index (χ0) is 8.97. The van der Waals surface area contributed by atoms with Gasteiger partial charge in [0.25, 0.3) is 0 Å². The second-order valence-electron chi connectivity index (χ2n) is 2.13. The van der Waals surface area contributed by atoms with Crippen LogP contribution < -0.4 is 0 Å². The first-order valence-electron chi connectivity index (χ1n) is 3.30. The molecule has 12 heavy (non-hydrogen) atoms. The lowest BCUT2D eigenvalue weighted by Crippen LogP contribution is -2.05. The highest BCUT2D eigenvalue weighted by atomic mass is 16.6. The summed E-state index contributed by atoms with van der Waals surface area (Å²) in [6.45, 7) is 1.34. The summed E-state index contributed by atoms with van der Waals surface area (Å²) in [6, 6.07) is 3.33. The van der Waals surface area contributed by atoms with E-state index in [1.54, 1.807) is 18.3 Å². The van der Waals surface area contributed by atoms with Gasteiger partial charge in [-0.2, -0.15) is 0 Å². The standard InChI is InChI=1S/C7H7N3O2/c1-6(10(11)12)9-7-3-2-4-8-5-7/h2-5H,1H3. The van der Waals surface area contributed by atoms with Crippen molar-refractivity contribution >= 4 is 11.5 Å². The van der Waals surface area contributed by atoms with Gasteiger partial charge in [-0.05, 0) is 22.0 Å². The molecule has 0 fully saturated rings. The molecule has 0 aromatic carbocycles. The molecular formula is C7H7N3O2. The highest BCUT2D eigenvalue weighted by Gasteiger charge is 2.03. The van der Waals surface area contributed by atoms with E-state index in [1.165, 1.54) is 13.1 Å². The average Bonchev–Trinajstić information content (AvgIpc) is 2.06. The Bertz CT molecular complexity index is 308. The SMILES string of the molecule is CC(=Nc1cccnc1)[N+](=O)[O-]. The van der Waals surface area contributed by atoms with Gasteiger partial charge in [0.15, 0.2) is 5.69 Å². The van der Waals surface area contributed by atoms with Crippen LogP contribution in [0.5, 0.6) is 0 Å². The molecule has 1 aromatic rings. The number of pyridine rings is 1. The maximum absolute atomic E-state index is 10.2.